The van der Waals surface area contributed by atoms with Gasteiger partial charge in [0.15, 0.2) is 0 Å². The molecule has 0 bridgehead atoms. The topological polar surface area (TPSA) is 81.5 Å². The predicted octanol–water partition coefficient (Wildman–Crippen LogP) is 5.04. The number of nitro benzene ring substituents is 1. The highest BCUT2D eigenvalue weighted by Gasteiger charge is 2.06. The fraction of sp³-hybridized carbons (Fsp3) is 0. The number of para-hydroxylation sites is 1. The zero-order chi connectivity index (χ0) is 19.1. The third-order valence-corrected chi connectivity index (χ3v) is 3.59. The second-order valence-corrected chi connectivity index (χ2v) is 5.62. The monoisotopic (exact) mass is 360 g/mol. The molecule has 134 valence electrons. The van der Waals surface area contributed by atoms with Crippen LogP contribution in [0.4, 0.5) is 11.4 Å². The molecule has 0 aliphatic rings. The van der Waals surface area contributed by atoms with Crippen LogP contribution in [0.1, 0.15) is 5.56 Å². The van der Waals surface area contributed by atoms with E-state index in [-0.39, 0.29) is 11.6 Å². The zero-order valence-electron chi connectivity index (χ0n) is 14.2. The van der Waals surface area contributed by atoms with Crippen molar-refractivity contribution in [2.45, 2.75) is 0 Å². The highest BCUT2D eigenvalue weighted by molar-refractivity contribution is 6.02. The molecule has 1 N–H and O–H groups in total. The molecule has 0 unspecified atom stereocenters. The minimum Gasteiger partial charge on any atom is -0.457 e. The van der Waals surface area contributed by atoms with Crippen molar-refractivity contribution in [2.75, 3.05) is 5.32 Å². The second-order valence-electron chi connectivity index (χ2n) is 5.62. The Morgan fingerprint density at radius 1 is 0.926 bits per heavy atom. The van der Waals surface area contributed by atoms with Crippen LogP contribution in [0.5, 0.6) is 11.5 Å². The van der Waals surface area contributed by atoms with E-state index in [9.17, 15) is 14.9 Å². The quantitative estimate of drug-likeness (QED) is 0.379. The normalized spacial score (nSPS) is 10.5. The molecule has 0 saturated carbocycles. The number of carbonyl (C=O) groups is 1. The first-order valence-corrected chi connectivity index (χ1v) is 8.17. The van der Waals surface area contributed by atoms with Crippen LogP contribution in [0.3, 0.4) is 0 Å². The minimum absolute atomic E-state index is 0.0810. The van der Waals surface area contributed by atoms with Crippen molar-refractivity contribution in [3.63, 3.8) is 0 Å². The second kappa shape index (κ2) is 8.44. The van der Waals surface area contributed by atoms with Gasteiger partial charge in [-0.05, 0) is 42.0 Å². The number of nitrogens with zero attached hydrogens (tertiary/aromatic N) is 1. The van der Waals surface area contributed by atoms with Crippen LogP contribution >= 0.6 is 0 Å². The molecule has 0 spiro atoms. The van der Waals surface area contributed by atoms with E-state index in [1.54, 1.807) is 12.1 Å². The Balaban J connectivity index is 1.65. The SMILES string of the molecule is O=C(C=Cc1cccc(Oc2ccccc2)c1)Nc1cccc([N+](=O)[O-])c1. The molecular formula is C21H16N2O4. The Bertz CT molecular complexity index is 984. The van der Waals surface area contributed by atoms with Gasteiger partial charge in [0.25, 0.3) is 5.69 Å². The first-order chi connectivity index (χ1) is 13.1. The Kier molecular flexibility index (Phi) is 5.59. The maximum atomic E-state index is 12.0. The smallest absolute Gasteiger partial charge is 0.271 e. The number of nitrogens with one attached hydrogen (secondary N) is 1. The first-order valence-electron chi connectivity index (χ1n) is 8.17. The average molecular weight is 360 g/mol. The molecule has 3 aromatic carbocycles. The number of ether oxygens (including phenoxy) is 1. The molecule has 6 heteroatoms. The molecule has 0 aliphatic carbocycles. The van der Waals surface area contributed by atoms with Crippen molar-refractivity contribution in [1.29, 1.82) is 0 Å². The van der Waals surface area contributed by atoms with E-state index >= 15 is 0 Å². The van der Waals surface area contributed by atoms with Crippen molar-refractivity contribution >= 4 is 23.4 Å². The molecule has 0 fully saturated rings. The summed E-state index contributed by atoms with van der Waals surface area (Å²) in [5, 5.41) is 13.4. The maximum absolute atomic E-state index is 12.0. The van der Waals surface area contributed by atoms with Crippen LogP contribution in [0, 0.1) is 10.1 Å². The number of anilines is 1. The van der Waals surface area contributed by atoms with Crippen molar-refractivity contribution in [3.05, 3.63) is 101 Å². The van der Waals surface area contributed by atoms with Gasteiger partial charge in [-0.3, -0.25) is 14.9 Å². The van der Waals surface area contributed by atoms with E-state index < -0.39 is 4.92 Å². The average Bonchev–Trinajstić information content (AvgIpc) is 2.68. The Labute approximate surface area is 155 Å². The predicted molar refractivity (Wildman–Crippen MR) is 104 cm³/mol. The van der Waals surface area contributed by atoms with E-state index in [0.717, 1.165) is 11.3 Å². The molecule has 0 atom stereocenters. The van der Waals surface area contributed by atoms with Gasteiger partial charge in [-0.15, -0.1) is 0 Å². The summed E-state index contributed by atoms with van der Waals surface area (Å²) in [6.45, 7) is 0. The van der Waals surface area contributed by atoms with Gasteiger partial charge in [0.2, 0.25) is 5.91 Å². The standard InChI is InChI=1S/C21H16N2O4/c24-21(22-17-7-5-8-18(15-17)23(25)26)13-12-16-6-4-11-20(14-16)27-19-9-2-1-3-10-19/h1-15H,(H,22,24). The lowest BCUT2D eigenvalue weighted by atomic mass is 10.2. The molecule has 1 amide bonds. The largest absolute Gasteiger partial charge is 0.457 e. The Morgan fingerprint density at radius 3 is 2.44 bits per heavy atom. The number of hydrogen-bond donors (Lipinski definition) is 1. The van der Waals surface area contributed by atoms with Gasteiger partial charge in [0.05, 0.1) is 4.92 Å². The number of amides is 1. The van der Waals surface area contributed by atoms with Gasteiger partial charge in [-0.25, -0.2) is 0 Å². The molecule has 3 rings (SSSR count). The lowest BCUT2D eigenvalue weighted by Gasteiger charge is -2.06. The molecule has 0 aliphatic heterocycles. The van der Waals surface area contributed by atoms with E-state index in [4.69, 9.17) is 4.74 Å². The van der Waals surface area contributed by atoms with Crippen LogP contribution in [-0.4, -0.2) is 10.8 Å². The van der Waals surface area contributed by atoms with Gasteiger partial charge in [0, 0.05) is 23.9 Å². The molecule has 0 saturated heterocycles. The van der Waals surface area contributed by atoms with Gasteiger partial charge >= 0.3 is 0 Å². The van der Waals surface area contributed by atoms with Gasteiger partial charge < -0.3 is 10.1 Å². The lowest BCUT2D eigenvalue weighted by molar-refractivity contribution is -0.384. The fourth-order valence-corrected chi connectivity index (χ4v) is 2.36. The van der Waals surface area contributed by atoms with Crippen molar-refractivity contribution in [1.82, 2.24) is 0 Å². The lowest BCUT2D eigenvalue weighted by Crippen LogP contribution is -2.07. The number of non-ortho nitro benzene ring substituents is 1. The van der Waals surface area contributed by atoms with E-state index in [1.807, 2.05) is 54.6 Å². The Hall–Kier alpha value is -3.93. The van der Waals surface area contributed by atoms with Gasteiger partial charge in [-0.2, -0.15) is 0 Å². The summed E-state index contributed by atoms with van der Waals surface area (Å²) >= 11 is 0. The van der Waals surface area contributed by atoms with Crippen LogP contribution in [0.2, 0.25) is 0 Å². The minimum atomic E-state index is -0.510. The number of nitro groups is 1. The van der Waals surface area contributed by atoms with Crippen molar-refractivity contribution < 1.29 is 14.5 Å². The summed E-state index contributed by atoms with van der Waals surface area (Å²) in [5.74, 6) is 0.995. The molecule has 6 nitrogen and oxygen atoms in total. The van der Waals surface area contributed by atoms with Crippen molar-refractivity contribution in [3.8, 4) is 11.5 Å². The van der Waals surface area contributed by atoms with Crippen LogP contribution < -0.4 is 10.1 Å². The third kappa shape index (κ3) is 5.27. The molecule has 27 heavy (non-hydrogen) atoms. The summed E-state index contributed by atoms with van der Waals surface area (Å²) in [6.07, 6.45) is 3.00. The zero-order valence-corrected chi connectivity index (χ0v) is 14.2. The fourth-order valence-electron chi connectivity index (χ4n) is 2.36. The van der Waals surface area contributed by atoms with E-state index in [0.29, 0.717) is 11.4 Å². The van der Waals surface area contributed by atoms with Crippen LogP contribution in [-0.2, 0) is 4.79 Å². The molecule has 0 radical (unpaired) electrons. The summed E-state index contributed by atoms with van der Waals surface area (Å²) in [6, 6.07) is 22.5. The number of carbonyl (C=O) groups excluding carboxylic acids is 1. The van der Waals surface area contributed by atoms with Gasteiger partial charge in [-0.1, -0.05) is 36.4 Å². The van der Waals surface area contributed by atoms with Crippen LogP contribution in [0.25, 0.3) is 6.08 Å². The summed E-state index contributed by atoms with van der Waals surface area (Å²) in [7, 11) is 0. The highest BCUT2D eigenvalue weighted by Crippen LogP contribution is 2.22. The van der Waals surface area contributed by atoms with E-state index in [1.165, 1.54) is 24.3 Å². The molecule has 0 aromatic heterocycles. The van der Waals surface area contributed by atoms with E-state index in [2.05, 4.69) is 5.32 Å². The maximum Gasteiger partial charge on any atom is 0.271 e. The number of benzene rings is 3. The summed E-state index contributed by atoms with van der Waals surface area (Å²) in [4.78, 5) is 22.3. The molecule has 3 aromatic rings. The first kappa shape index (κ1) is 17.9. The summed E-state index contributed by atoms with van der Waals surface area (Å²) in [5.41, 5.74) is 1.07. The third-order valence-electron chi connectivity index (χ3n) is 3.59. The van der Waals surface area contributed by atoms with Crippen molar-refractivity contribution in [2.24, 2.45) is 0 Å². The molecule has 0 heterocycles. The number of rotatable bonds is 6. The summed E-state index contributed by atoms with van der Waals surface area (Å²) < 4.78 is 5.76. The highest BCUT2D eigenvalue weighted by atomic mass is 16.6. The molecular weight excluding hydrogens is 344 g/mol. The van der Waals surface area contributed by atoms with Gasteiger partial charge in [0.1, 0.15) is 11.5 Å². The number of hydrogen-bond acceptors (Lipinski definition) is 4. The van der Waals surface area contributed by atoms with Crippen LogP contribution in [0.15, 0.2) is 84.9 Å². The Morgan fingerprint density at radius 2 is 1.67 bits per heavy atom.